The molecule has 1 aliphatic carbocycles. The second-order valence-electron chi connectivity index (χ2n) is 9.88. The minimum atomic E-state index is -2.85. The summed E-state index contributed by atoms with van der Waals surface area (Å²) in [6, 6.07) is 11.3. The maximum absolute atomic E-state index is 14.4. The second kappa shape index (κ2) is 11.2. The minimum absolute atomic E-state index is 0.00942. The Kier molecular flexibility index (Phi) is 7.74. The number of benzene rings is 2. The molecule has 5 rings (SSSR count). The highest BCUT2D eigenvalue weighted by molar-refractivity contribution is 6.31. The van der Waals surface area contributed by atoms with E-state index < -0.39 is 48.5 Å². The van der Waals surface area contributed by atoms with E-state index in [2.05, 4.69) is 15.3 Å². The molecule has 1 saturated carbocycles. The smallest absolute Gasteiger partial charge is 0.252 e. The van der Waals surface area contributed by atoms with Crippen molar-refractivity contribution in [3.8, 4) is 0 Å². The van der Waals surface area contributed by atoms with Crippen molar-refractivity contribution in [1.82, 2.24) is 15.3 Å². The molecule has 1 aliphatic heterocycles. The summed E-state index contributed by atoms with van der Waals surface area (Å²) in [6.07, 6.45) is 3.78. The van der Waals surface area contributed by atoms with Crippen molar-refractivity contribution < 1.29 is 22.8 Å². The van der Waals surface area contributed by atoms with Crippen LogP contribution in [0.4, 0.5) is 24.8 Å². The Morgan fingerprint density at radius 2 is 1.85 bits per heavy atom. The highest BCUT2D eigenvalue weighted by Crippen LogP contribution is 2.39. The topological polar surface area (TPSA) is 78.4 Å². The highest BCUT2D eigenvalue weighted by atomic mass is 35.5. The maximum Gasteiger partial charge on any atom is 0.252 e. The largest absolute Gasteiger partial charge is 0.351 e. The van der Waals surface area contributed by atoms with Crippen LogP contribution in [0.2, 0.25) is 5.02 Å². The molecule has 1 N–H and O–H groups in total. The first-order valence-corrected chi connectivity index (χ1v) is 13.1. The highest BCUT2D eigenvalue weighted by Gasteiger charge is 2.47. The van der Waals surface area contributed by atoms with Crippen LogP contribution in [0, 0.1) is 5.82 Å². The molecule has 2 aliphatic rings. The molecule has 2 aromatic carbocycles. The summed E-state index contributed by atoms with van der Waals surface area (Å²) >= 11 is 6.50. The summed E-state index contributed by atoms with van der Waals surface area (Å²) in [4.78, 5) is 39.6. The van der Waals surface area contributed by atoms with Crippen LogP contribution in [0.3, 0.4) is 0 Å². The molecule has 1 saturated heterocycles. The zero-order valence-corrected chi connectivity index (χ0v) is 21.7. The second-order valence-corrected chi connectivity index (χ2v) is 10.3. The molecule has 11 heteroatoms. The van der Waals surface area contributed by atoms with Crippen LogP contribution in [-0.2, 0) is 9.59 Å². The van der Waals surface area contributed by atoms with E-state index in [9.17, 15) is 22.8 Å². The number of anilines is 2. The first-order chi connectivity index (χ1) is 18.7. The standard InChI is InChI=1S/C28H27ClF3N5O2/c29-23-10-2-1-9-22(23)25(26(39)35-19-16-28(31,32)17-19)37(21-7-3-6-18(30)14-21)24(38)15-20-8-4-13-36(20)27-33-11-5-12-34-27/h1-3,5-7,9-12,14,19-20,25H,4,8,13,15-17H2,(H,35,39)/t20-,25-/m0/s1. The van der Waals surface area contributed by atoms with Gasteiger partial charge in [-0.2, -0.15) is 0 Å². The van der Waals surface area contributed by atoms with Gasteiger partial charge in [0.05, 0.1) is 0 Å². The summed E-state index contributed by atoms with van der Waals surface area (Å²) in [6.45, 7) is 0.659. The molecule has 1 aromatic heterocycles. The lowest BCUT2D eigenvalue weighted by Crippen LogP contribution is -2.54. The third kappa shape index (κ3) is 6.00. The van der Waals surface area contributed by atoms with Gasteiger partial charge in [-0.1, -0.05) is 35.9 Å². The fourth-order valence-corrected chi connectivity index (χ4v) is 5.49. The molecule has 2 atom stereocenters. The van der Waals surface area contributed by atoms with E-state index in [1.165, 1.54) is 29.2 Å². The van der Waals surface area contributed by atoms with Gasteiger partial charge in [0.1, 0.15) is 11.9 Å². The molecule has 39 heavy (non-hydrogen) atoms. The number of hydrogen-bond acceptors (Lipinski definition) is 5. The summed E-state index contributed by atoms with van der Waals surface area (Å²) in [5, 5.41) is 2.86. The number of nitrogens with one attached hydrogen (secondary N) is 1. The number of halogens is 4. The Balaban J connectivity index is 1.51. The normalized spacial score (nSPS) is 19.3. The van der Waals surface area contributed by atoms with Crippen LogP contribution >= 0.6 is 11.6 Å². The van der Waals surface area contributed by atoms with Crippen LogP contribution in [-0.4, -0.2) is 46.3 Å². The Morgan fingerprint density at radius 1 is 1.10 bits per heavy atom. The third-order valence-corrected chi connectivity index (χ3v) is 7.44. The zero-order chi connectivity index (χ0) is 27.6. The van der Waals surface area contributed by atoms with E-state index in [1.54, 1.807) is 42.7 Å². The number of carbonyl (C=O) groups is 2. The number of aromatic nitrogens is 2. The van der Waals surface area contributed by atoms with Crippen molar-refractivity contribution in [2.24, 2.45) is 0 Å². The van der Waals surface area contributed by atoms with E-state index in [4.69, 9.17) is 11.6 Å². The van der Waals surface area contributed by atoms with Crippen LogP contribution in [0.15, 0.2) is 67.0 Å². The number of amides is 2. The number of alkyl halides is 2. The van der Waals surface area contributed by atoms with E-state index in [0.717, 1.165) is 6.42 Å². The zero-order valence-electron chi connectivity index (χ0n) is 20.9. The van der Waals surface area contributed by atoms with Gasteiger partial charge in [-0.25, -0.2) is 23.1 Å². The van der Waals surface area contributed by atoms with Crippen LogP contribution < -0.4 is 15.1 Å². The quantitative estimate of drug-likeness (QED) is 0.406. The molecule has 2 heterocycles. The Morgan fingerprint density at radius 3 is 2.54 bits per heavy atom. The van der Waals surface area contributed by atoms with Gasteiger partial charge in [0.2, 0.25) is 17.8 Å². The molecule has 3 aromatic rings. The van der Waals surface area contributed by atoms with E-state index in [1.807, 2.05) is 4.90 Å². The lowest BCUT2D eigenvalue weighted by Gasteiger charge is -2.38. The first-order valence-electron chi connectivity index (χ1n) is 12.8. The van der Waals surface area contributed by atoms with Crippen molar-refractivity contribution in [3.05, 3.63) is 83.4 Å². The monoisotopic (exact) mass is 557 g/mol. The van der Waals surface area contributed by atoms with Gasteiger partial charge >= 0.3 is 0 Å². The summed E-state index contributed by atoms with van der Waals surface area (Å²) in [7, 11) is 0. The molecule has 0 spiro atoms. The maximum atomic E-state index is 14.4. The van der Waals surface area contributed by atoms with Crippen molar-refractivity contribution in [3.63, 3.8) is 0 Å². The molecule has 204 valence electrons. The summed E-state index contributed by atoms with van der Waals surface area (Å²) < 4.78 is 41.5. The fraction of sp³-hybridized carbons (Fsp3) is 0.357. The van der Waals surface area contributed by atoms with Crippen LogP contribution in [0.1, 0.15) is 43.7 Å². The van der Waals surface area contributed by atoms with Gasteiger partial charge < -0.3 is 10.2 Å². The average Bonchev–Trinajstić information content (AvgIpc) is 3.35. The molecule has 2 amide bonds. The van der Waals surface area contributed by atoms with Gasteiger partial charge in [-0.05, 0) is 43.2 Å². The van der Waals surface area contributed by atoms with Gasteiger partial charge in [-0.15, -0.1) is 0 Å². The predicted octanol–water partition coefficient (Wildman–Crippen LogP) is 5.32. The van der Waals surface area contributed by atoms with Crippen LogP contribution in [0.5, 0.6) is 0 Å². The van der Waals surface area contributed by atoms with E-state index in [-0.39, 0.29) is 23.2 Å². The van der Waals surface area contributed by atoms with Gasteiger partial charge in [0.25, 0.3) is 5.92 Å². The average molecular weight is 558 g/mol. The number of nitrogens with zero attached hydrogens (tertiary/aromatic N) is 4. The SMILES string of the molecule is O=C(NC1CC(F)(F)C1)[C@H](c1ccccc1Cl)N(C(=O)C[C@@H]1CCCN1c1ncccn1)c1cccc(F)c1. The molecule has 0 radical (unpaired) electrons. The van der Waals surface area contributed by atoms with E-state index in [0.29, 0.717) is 24.5 Å². The summed E-state index contributed by atoms with van der Waals surface area (Å²) in [5.41, 5.74) is 0.453. The fourth-order valence-electron chi connectivity index (χ4n) is 5.25. The first kappa shape index (κ1) is 26.9. The van der Waals surface area contributed by atoms with Crippen molar-refractivity contribution >= 4 is 35.1 Å². The summed E-state index contributed by atoms with van der Waals surface area (Å²) in [5.74, 6) is -4.07. The Bertz CT molecular complexity index is 1340. The van der Waals surface area contributed by atoms with E-state index >= 15 is 0 Å². The molecular formula is C28H27ClF3N5O2. The van der Waals surface area contributed by atoms with Gasteiger partial charge in [-0.3, -0.25) is 14.5 Å². The minimum Gasteiger partial charge on any atom is -0.351 e. The molecule has 0 unspecified atom stereocenters. The predicted molar refractivity (Wildman–Crippen MR) is 141 cm³/mol. The Hall–Kier alpha value is -3.66. The number of carbonyl (C=O) groups excluding carboxylic acids is 2. The van der Waals surface area contributed by atoms with Crippen LogP contribution in [0.25, 0.3) is 0 Å². The van der Waals surface area contributed by atoms with Crippen molar-refractivity contribution in [2.45, 2.75) is 56.2 Å². The molecular weight excluding hydrogens is 531 g/mol. The molecule has 7 nitrogen and oxygen atoms in total. The lowest BCUT2D eigenvalue weighted by molar-refractivity contribution is -0.132. The molecule has 2 fully saturated rings. The molecule has 0 bridgehead atoms. The number of hydrogen-bond donors (Lipinski definition) is 1. The Labute approximate surface area is 229 Å². The van der Waals surface area contributed by atoms with Crippen molar-refractivity contribution in [1.29, 1.82) is 0 Å². The number of rotatable bonds is 8. The third-order valence-electron chi connectivity index (χ3n) is 7.09. The van der Waals surface area contributed by atoms with Crippen molar-refractivity contribution in [2.75, 3.05) is 16.3 Å². The lowest BCUT2D eigenvalue weighted by atomic mass is 9.87. The van der Waals surface area contributed by atoms with Gasteiger partial charge in [0.15, 0.2) is 0 Å². The van der Waals surface area contributed by atoms with Gasteiger partial charge in [0, 0.05) is 66.6 Å².